The van der Waals surface area contributed by atoms with Gasteiger partial charge in [-0.15, -0.1) is 0 Å². The summed E-state index contributed by atoms with van der Waals surface area (Å²) < 4.78 is 46.4. The third-order valence-corrected chi connectivity index (χ3v) is 4.22. The van der Waals surface area contributed by atoms with Crippen molar-refractivity contribution >= 4 is 29.1 Å². The average molecular weight is 429 g/mol. The highest BCUT2D eigenvalue weighted by Gasteiger charge is 2.29. The van der Waals surface area contributed by atoms with Crippen LogP contribution >= 0.6 is 11.6 Å². The van der Waals surface area contributed by atoms with E-state index in [0.29, 0.717) is 22.0 Å². The van der Waals surface area contributed by atoms with Gasteiger partial charge in [0.05, 0.1) is 5.69 Å². The van der Waals surface area contributed by atoms with E-state index in [-0.39, 0.29) is 31.4 Å². The van der Waals surface area contributed by atoms with Crippen molar-refractivity contribution in [1.82, 2.24) is 5.32 Å². The molecule has 10 heteroatoms. The summed E-state index contributed by atoms with van der Waals surface area (Å²) in [7, 11) is 0. The SMILES string of the molecule is O=C(CN1C(=O)COc2ccc(Cl)cc21)NCc1ccc(OCC(F)(F)F)cc1. The third-order valence-electron chi connectivity index (χ3n) is 3.98. The Kier molecular flexibility index (Phi) is 6.17. The molecular weight excluding hydrogens is 413 g/mol. The first-order chi connectivity index (χ1) is 13.7. The molecule has 6 nitrogen and oxygen atoms in total. The van der Waals surface area contributed by atoms with Gasteiger partial charge in [0.1, 0.15) is 18.0 Å². The Morgan fingerprint density at radius 1 is 1.21 bits per heavy atom. The molecule has 0 saturated carbocycles. The quantitative estimate of drug-likeness (QED) is 0.766. The first-order valence-corrected chi connectivity index (χ1v) is 8.87. The lowest BCUT2D eigenvalue weighted by Crippen LogP contribution is -2.45. The monoisotopic (exact) mass is 428 g/mol. The average Bonchev–Trinajstić information content (AvgIpc) is 2.67. The Morgan fingerprint density at radius 3 is 2.62 bits per heavy atom. The zero-order valence-electron chi connectivity index (χ0n) is 15.0. The standard InChI is InChI=1S/C19H16ClF3N2O4/c20-13-3-6-16-15(7-13)25(18(27)10-28-16)9-17(26)24-8-12-1-4-14(5-2-12)29-11-19(21,22)23/h1-7H,8-11H2,(H,24,26). The Labute approximate surface area is 169 Å². The molecule has 1 aliphatic rings. The fourth-order valence-electron chi connectivity index (χ4n) is 2.62. The van der Waals surface area contributed by atoms with Gasteiger partial charge in [-0.2, -0.15) is 13.2 Å². The van der Waals surface area contributed by atoms with E-state index < -0.39 is 18.7 Å². The van der Waals surface area contributed by atoms with Gasteiger partial charge in [-0.05, 0) is 35.9 Å². The number of rotatable bonds is 6. The van der Waals surface area contributed by atoms with Crippen LogP contribution in [-0.4, -0.2) is 37.7 Å². The number of nitrogens with one attached hydrogen (secondary N) is 1. The second-order valence-corrected chi connectivity index (χ2v) is 6.64. The number of fused-ring (bicyclic) bond motifs is 1. The fourth-order valence-corrected chi connectivity index (χ4v) is 2.78. The minimum Gasteiger partial charge on any atom is -0.484 e. The number of alkyl halides is 3. The number of carbonyl (C=O) groups excluding carboxylic acids is 2. The van der Waals surface area contributed by atoms with E-state index in [0.717, 1.165) is 0 Å². The number of hydrogen-bond acceptors (Lipinski definition) is 4. The molecule has 2 aromatic carbocycles. The highest BCUT2D eigenvalue weighted by atomic mass is 35.5. The smallest absolute Gasteiger partial charge is 0.422 e. The summed E-state index contributed by atoms with van der Waals surface area (Å²) in [6.45, 7) is -1.63. The number of halogens is 4. The number of benzene rings is 2. The first kappa shape index (κ1) is 20.8. The molecule has 2 amide bonds. The molecule has 0 unspecified atom stereocenters. The van der Waals surface area contributed by atoms with Gasteiger partial charge < -0.3 is 14.8 Å². The van der Waals surface area contributed by atoms with Crippen molar-refractivity contribution in [2.45, 2.75) is 12.7 Å². The van der Waals surface area contributed by atoms with Gasteiger partial charge in [-0.3, -0.25) is 14.5 Å². The Hall–Kier alpha value is -2.94. The van der Waals surface area contributed by atoms with Gasteiger partial charge in [-0.1, -0.05) is 23.7 Å². The van der Waals surface area contributed by atoms with Crippen molar-refractivity contribution in [3.63, 3.8) is 0 Å². The molecule has 29 heavy (non-hydrogen) atoms. The van der Waals surface area contributed by atoms with Gasteiger partial charge in [0.2, 0.25) is 5.91 Å². The molecule has 0 spiro atoms. The van der Waals surface area contributed by atoms with Crippen molar-refractivity contribution in [1.29, 1.82) is 0 Å². The molecular formula is C19H16ClF3N2O4. The van der Waals surface area contributed by atoms with Crippen LogP contribution in [0.1, 0.15) is 5.56 Å². The molecule has 3 rings (SSSR count). The van der Waals surface area contributed by atoms with Crippen molar-refractivity contribution in [3.8, 4) is 11.5 Å². The van der Waals surface area contributed by atoms with Crippen LogP contribution in [0.5, 0.6) is 11.5 Å². The van der Waals surface area contributed by atoms with Crippen LogP contribution in [0.3, 0.4) is 0 Å². The molecule has 0 bridgehead atoms. The zero-order chi connectivity index (χ0) is 21.0. The van der Waals surface area contributed by atoms with Crippen LogP contribution in [0.25, 0.3) is 0 Å². The highest BCUT2D eigenvalue weighted by molar-refractivity contribution is 6.31. The highest BCUT2D eigenvalue weighted by Crippen LogP contribution is 2.34. The van der Waals surface area contributed by atoms with E-state index in [1.54, 1.807) is 30.3 Å². The first-order valence-electron chi connectivity index (χ1n) is 8.49. The van der Waals surface area contributed by atoms with Crippen LogP contribution in [0, 0.1) is 0 Å². The summed E-state index contributed by atoms with van der Waals surface area (Å²) in [5, 5.41) is 3.06. The second-order valence-electron chi connectivity index (χ2n) is 6.21. The summed E-state index contributed by atoms with van der Waals surface area (Å²) >= 11 is 5.96. The maximum atomic E-state index is 12.3. The van der Waals surface area contributed by atoms with Crippen molar-refractivity contribution < 1.29 is 32.2 Å². The number of amides is 2. The van der Waals surface area contributed by atoms with Crippen LogP contribution in [0.4, 0.5) is 18.9 Å². The largest absolute Gasteiger partial charge is 0.484 e. The number of carbonyl (C=O) groups is 2. The lowest BCUT2D eigenvalue weighted by Gasteiger charge is -2.29. The van der Waals surface area contributed by atoms with Gasteiger partial charge in [-0.25, -0.2) is 0 Å². The molecule has 154 valence electrons. The van der Waals surface area contributed by atoms with E-state index in [2.05, 4.69) is 10.1 Å². The van der Waals surface area contributed by atoms with E-state index in [1.807, 2.05) is 0 Å². The van der Waals surface area contributed by atoms with Crippen molar-refractivity contribution in [2.24, 2.45) is 0 Å². The number of hydrogen-bond donors (Lipinski definition) is 1. The van der Waals surface area contributed by atoms with E-state index >= 15 is 0 Å². The molecule has 0 atom stereocenters. The molecule has 2 aromatic rings. The van der Waals surface area contributed by atoms with E-state index in [1.165, 1.54) is 17.0 Å². The lowest BCUT2D eigenvalue weighted by molar-refractivity contribution is -0.153. The minimum absolute atomic E-state index is 0.0739. The molecule has 0 saturated heterocycles. The van der Waals surface area contributed by atoms with Crippen molar-refractivity contribution in [2.75, 3.05) is 24.7 Å². The maximum Gasteiger partial charge on any atom is 0.422 e. The van der Waals surface area contributed by atoms with Gasteiger partial charge >= 0.3 is 6.18 Å². The molecule has 0 aromatic heterocycles. The zero-order valence-corrected chi connectivity index (χ0v) is 15.7. The minimum atomic E-state index is -4.41. The molecule has 0 radical (unpaired) electrons. The van der Waals surface area contributed by atoms with Gasteiger partial charge in [0, 0.05) is 11.6 Å². The number of anilines is 1. The van der Waals surface area contributed by atoms with Crippen LogP contribution in [-0.2, 0) is 16.1 Å². The van der Waals surface area contributed by atoms with Crippen LogP contribution in [0.15, 0.2) is 42.5 Å². The Bertz CT molecular complexity index is 903. The summed E-state index contributed by atoms with van der Waals surface area (Å²) in [4.78, 5) is 25.7. The molecule has 0 aliphatic carbocycles. The number of ether oxygens (including phenoxy) is 2. The lowest BCUT2D eigenvalue weighted by atomic mass is 10.2. The van der Waals surface area contributed by atoms with E-state index in [4.69, 9.17) is 16.3 Å². The second kappa shape index (κ2) is 8.60. The topological polar surface area (TPSA) is 67.9 Å². The fraction of sp³-hybridized carbons (Fsp3) is 0.263. The number of nitrogens with zero attached hydrogens (tertiary/aromatic N) is 1. The third kappa shape index (κ3) is 5.77. The summed E-state index contributed by atoms with van der Waals surface area (Å²) in [5.41, 5.74) is 1.07. The summed E-state index contributed by atoms with van der Waals surface area (Å²) in [5.74, 6) is -0.259. The molecule has 1 N–H and O–H groups in total. The Morgan fingerprint density at radius 2 is 1.93 bits per heavy atom. The maximum absolute atomic E-state index is 12.3. The van der Waals surface area contributed by atoms with Crippen LogP contribution in [0.2, 0.25) is 5.02 Å². The predicted molar refractivity (Wildman–Crippen MR) is 99.1 cm³/mol. The molecule has 1 aliphatic heterocycles. The van der Waals surface area contributed by atoms with Gasteiger partial charge in [0.15, 0.2) is 13.2 Å². The van der Waals surface area contributed by atoms with Crippen molar-refractivity contribution in [3.05, 3.63) is 53.1 Å². The Balaban J connectivity index is 1.55. The normalized spacial score (nSPS) is 13.5. The van der Waals surface area contributed by atoms with Gasteiger partial charge in [0.25, 0.3) is 5.91 Å². The summed E-state index contributed by atoms with van der Waals surface area (Å²) in [6, 6.07) is 10.6. The summed E-state index contributed by atoms with van der Waals surface area (Å²) in [6.07, 6.45) is -4.41. The van der Waals surface area contributed by atoms with E-state index in [9.17, 15) is 22.8 Å². The molecule has 0 fully saturated rings. The predicted octanol–water partition coefficient (Wildman–Crippen LogP) is 3.32. The molecule has 1 heterocycles. The van der Waals surface area contributed by atoms with Crippen LogP contribution < -0.4 is 19.7 Å².